The topological polar surface area (TPSA) is 34.1 Å². The Morgan fingerprint density at radius 1 is 1.13 bits per heavy atom. The zero-order chi connectivity index (χ0) is 16.2. The number of ether oxygens (including phenoxy) is 1. The van der Waals surface area contributed by atoms with E-state index in [1.807, 2.05) is 6.07 Å². The van der Waals surface area contributed by atoms with Crippen LogP contribution in [-0.2, 0) is 6.54 Å². The van der Waals surface area contributed by atoms with Crippen LogP contribution in [0.1, 0.15) is 30.0 Å². The predicted molar refractivity (Wildman–Crippen MR) is 98.6 cm³/mol. The Bertz CT molecular complexity index is 796. The molecule has 0 saturated heterocycles. The number of fused-ring (bicyclic) bond motifs is 1. The second-order valence-corrected chi connectivity index (χ2v) is 6.72. The fourth-order valence-corrected chi connectivity index (χ4v) is 3.55. The van der Waals surface area contributed by atoms with E-state index >= 15 is 0 Å². The summed E-state index contributed by atoms with van der Waals surface area (Å²) in [5, 5.41) is 4.38. The van der Waals surface area contributed by atoms with E-state index in [1.165, 1.54) is 15.8 Å². The Labute approximate surface area is 141 Å². The maximum Gasteiger partial charge on any atom is 0.184 e. The zero-order valence-corrected chi connectivity index (χ0v) is 14.7. The highest BCUT2D eigenvalue weighted by Gasteiger charge is 2.14. The highest BCUT2D eigenvalue weighted by Crippen LogP contribution is 2.37. The van der Waals surface area contributed by atoms with Crippen LogP contribution in [0.4, 0.5) is 5.13 Å². The predicted octanol–water partition coefficient (Wildman–Crippen LogP) is 5.31. The second-order valence-electron chi connectivity index (χ2n) is 5.72. The molecule has 3 nitrogen and oxygen atoms in total. The summed E-state index contributed by atoms with van der Waals surface area (Å²) in [7, 11) is 0. The van der Waals surface area contributed by atoms with Gasteiger partial charge >= 0.3 is 0 Å². The molecule has 0 radical (unpaired) electrons. The minimum absolute atomic E-state index is 0.726. The first-order valence-corrected chi connectivity index (χ1v) is 8.82. The molecule has 2 aromatic carbocycles. The number of rotatable bonds is 6. The lowest BCUT2D eigenvalue weighted by atomic mass is 10.1. The Morgan fingerprint density at radius 2 is 1.91 bits per heavy atom. The van der Waals surface area contributed by atoms with E-state index in [2.05, 4.69) is 56.4 Å². The van der Waals surface area contributed by atoms with Crippen molar-refractivity contribution in [1.82, 2.24) is 4.98 Å². The van der Waals surface area contributed by atoms with Gasteiger partial charge in [0.1, 0.15) is 11.3 Å². The van der Waals surface area contributed by atoms with Gasteiger partial charge in [0.15, 0.2) is 5.13 Å². The first kappa shape index (κ1) is 15.8. The molecule has 3 aromatic rings. The molecule has 23 heavy (non-hydrogen) atoms. The quantitative estimate of drug-likeness (QED) is 0.666. The standard InChI is InChI=1S/C19H22N2OS/c1-4-10-22-17-13(2)11-14(3)18-16(17)21-19(23-18)20-12-15-8-6-5-7-9-15/h5-9,11H,4,10,12H2,1-3H3,(H,20,21). The van der Waals surface area contributed by atoms with Gasteiger partial charge in [-0.2, -0.15) is 0 Å². The van der Waals surface area contributed by atoms with Crippen LogP contribution in [0.3, 0.4) is 0 Å². The van der Waals surface area contributed by atoms with Crippen molar-refractivity contribution in [3.63, 3.8) is 0 Å². The Kier molecular flexibility index (Phi) is 4.82. The Morgan fingerprint density at radius 3 is 2.65 bits per heavy atom. The van der Waals surface area contributed by atoms with Gasteiger partial charge in [0.25, 0.3) is 0 Å². The lowest BCUT2D eigenvalue weighted by Gasteiger charge is -2.09. The number of anilines is 1. The molecule has 0 atom stereocenters. The van der Waals surface area contributed by atoms with E-state index < -0.39 is 0 Å². The monoisotopic (exact) mass is 326 g/mol. The molecule has 0 bridgehead atoms. The SMILES string of the molecule is CCCOc1c(C)cc(C)c2sc(NCc3ccccc3)nc12. The molecule has 120 valence electrons. The number of thiazole rings is 1. The second kappa shape index (κ2) is 7.01. The third kappa shape index (κ3) is 3.48. The lowest BCUT2D eigenvalue weighted by Crippen LogP contribution is -1.99. The molecular formula is C19H22N2OS. The van der Waals surface area contributed by atoms with E-state index in [0.717, 1.165) is 41.5 Å². The summed E-state index contributed by atoms with van der Waals surface area (Å²) < 4.78 is 7.15. The maximum atomic E-state index is 5.95. The maximum absolute atomic E-state index is 5.95. The fraction of sp³-hybridized carbons (Fsp3) is 0.316. The number of benzene rings is 2. The highest BCUT2D eigenvalue weighted by atomic mass is 32.1. The summed E-state index contributed by atoms with van der Waals surface area (Å²) in [6.45, 7) is 7.85. The van der Waals surface area contributed by atoms with Crippen LogP contribution in [0, 0.1) is 13.8 Å². The van der Waals surface area contributed by atoms with Crippen molar-refractivity contribution < 1.29 is 4.74 Å². The molecule has 3 rings (SSSR count). The van der Waals surface area contributed by atoms with Crippen molar-refractivity contribution in [1.29, 1.82) is 0 Å². The highest BCUT2D eigenvalue weighted by molar-refractivity contribution is 7.22. The Balaban J connectivity index is 1.89. The van der Waals surface area contributed by atoms with Gasteiger partial charge in [-0.25, -0.2) is 4.98 Å². The number of hydrogen-bond acceptors (Lipinski definition) is 4. The summed E-state index contributed by atoms with van der Waals surface area (Å²) in [6.07, 6.45) is 0.998. The molecule has 0 fully saturated rings. The van der Waals surface area contributed by atoms with Crippen molar-refractivity contribution >= 4 is 26.7 Å². The number of aryl methyl sites for hydroxylation is 2. The summed E-state index contributed by atoms with van der Waals surface area (Å²) in [4.78, 5) is 4.78. The minimum Gasteiger partial charge on any atom is -0.491 e. The third-order valence-corrected chi connectivity index (χ3v) is 4.88. The summed E-state index contributed by atoms with van der Waals surface area (Å²) in [5.74, 6) is 0.927. The van der Waals surface area contributed by atoms with Crippen LogP contribution in [0.5, 0.6) is 5.75 Å². The molecule has 1 N–H and O–H groups in total. The van der Waals surface area contributed by atoms with Gasteiger partial charge in [-0.05, 0) is 37.0 Å². The van der Waals surface area contributed by atoms with Gasteiger partial charge in [-0.1, -0.05) is 54.7 Å². The number of nitrogens with one attached hydrogen (secondary N) is 1. The van der Waals surface area contributed by atoms with E-state index in [1.54, 1.807) is 11.3 Å². The van der Waals surface area contributed by atoms with Crippen LogP contribution in [0.2, 0.25) is 0 Å². The van der Waals surface area contributed by atoms with E-state index in [9.17, 15) is 0 Å². The summed E-state index contributed by atoms with van der Waals surface area (Å²) in [6, 6.07) is 12.6. The van der Waals surface area contributed by atoms with Gasteiger partial charge in [-0.15, -0.1) is 0 Å². The average molecular weight is 326 g/mol. The van der Waals surface area contributed by atoms with Crippen LogP contribution in [0.15, 0.2) is 36.4 Å². The number of aromatic nitrogens is 1. The van der Waals surface area contributed by atoms with E-state index in [-0.39, 0.29) is 0 Å². The fourth-order valence-electron chi connectivity index (χ4n) is 2.62. The molecule has 0 aliphatic heterocycles. The summed E-state index contributed by atoms with van der Waals surface area (Å²) in [5.41, 5.74) is 4.65. The number of hydrogen-bond donors (Lipinski definition) is 1. The molecule has 0 amide bonds. The van der Waals surface area contributed by atoms with E-state index in [0.29, 0.717) is 0 Å². The first-order valence-electron chi connectivity index (χ1n) is 8.00. The number of nitrogens with zero attached hydrogens (tertiary/aromatic N) is 1. The van der Waals surface area contributed by atoms with Gasteiger partial charge < -0.3 is 10.1 Å². The zero-order valence-electron chi connectivity index (χ0n) is 13.8. The van der Waals surface area contributed by atoms with Crippen molar-refractivity contribution in [2.75, 3.05) is 11.9 Å². The van der Waals surface area contributed by atoms with Crippen LogP contribution in [0.25, 0.3) is 10.2 Å². The first-order chi connectivity index (χ1) is 11.2. The molecule has 1 aromatic heterocycles. The molecular weight excluding hydrogens is 304 g/mol. The normalized spacial score (nSPS) is 10.9. The van der Waals surface area contributed by atoms with Crippen molar-refractivity contribution in [3.8, 4) is 5.75 Å². The van der Waals surface area contributed by atoms with Crippen molar-refractivity contribution in [3.05, 3.63) is 53.1 Å². The van der Waals surface area contributed by atoms with Gasteiger partial charge in [-0.3, -0.25) is 0 Å². The van der Waals surface area contributed by atoms with Crippen LogP contribution >= 0.6 is 11.3 Å². The van der Waals surface area contributed by atoms with Crippen LogP contribution < -0.4 is 10.1 Å². The molecule has 0 spiro atoms. The minimum atomic E-state index is 0.726. The Hall–Kier alpha value is -2.07. The van der Waals surface area contributed by atoms with Crippen molar-refractivity contribution in [2.45, 2.75) is 33.7 Å². The average Bonchev–Trinajstić information content (AvgIpc) is 2.98. The molecule has 0 unspecified atom stereocenters. The van der Waals surface area contributed by atoms with Gasteiger partial charge in [0, 0.05) is 6.54 Å². The molecule has 1 heterocycles. The van der Waals surface area contributed by atoms with Gasteiger partial charge in [0.05, 0.1) is 11.3 Å². The molecule has 0 aliphatic carbocycles. The van der Waals surface area contributed by atoms with Crippen molar-refractivity contribution in [2.24, 2.45) is 0 Å². The molecule has 0 saturated carbocycles. The van der Waals surface area contributed by atoms with Crippen LogP contribution in [-0.4, -0.2) is 11.6 Å². The van der Waals surface area contributed by atoms with Gasteiger partial charge in [0.2, 0.25) is 0 Å². The molecule has 0 aliphatic rings. The lowest BCUT2D eigenvalue weighted by molar-refractivity contribution is 0.318. The molecule has 4 heteroatoms. The largest absolute Gasteiger partial charge is 0.491 e. The summed E-state index contributed by atoms with van der Waals surface area (Å²) >= 11 is 1.70. The van der Waals surface area contributed by atoms with E-state index in [4.69, 9.17) is 9.72 Å². The smallest absolute Gasteiger partial charge is 0.184 e. The third-order valence-electron chi connectivity index (χ3n) is 3.73.